The molecule has 6 heteroatoms. The van der Waals surface area contributed by atoms with Gasteiger partial charge in [-0.15, -0.1) is 0 Å². The zero-order valence-electron chi connectivity index (χ0n) is 12.4. The minimum absolute atomic E-state index is 0.560. The zero-order valence-corrected chi connectivity index (χ0v) is 12.4. The van der Waals surface area contributed by atoms with Gasteiger partial charge in [-0.25, -0.2) is 4.98 Å². The monoisotopic (exact) mass is 287 g/mol. The first-order chi connectivity index (χ1) is 10.3. The quantitative estimate of drug-likeness (QED) is 0.878. The molecule has 0 spiro atoms. The minimum Gasteiger partial charge on any atom is -0.373 e. The van der Waals surface area contributed by atoms with Crippen LogP contribution in [-0.4, -0.2) is 46.7 Å². The Labute approximate surface area is 124 Å². The van der Waals surface area contributed by atoms with Gasteiger partial charge in [0.05, 0.1) is 0 Å². The maximum Gasteiger partial charge on any atom is 0.258 e. The maximum absolute atomic E-state index is 5.34. The average Bonchev–Trinajstić information content (AvgIpc) is 3.19. The van der Waals surface area contributed by atoms with Crippen LogP contribution < -0.4 is 5.32 Å². The first-order valence-corrected chi connectivity index (χ1v) is 7.54. The van der Waals surface area contributed by atoms with Crippen LogP contribution in [0.1, 0.15) is 25.1 Å². The summed E-state index contributed by atoms with van der Waals surface area (Å²) in [5.74, 6) is 2.14. The molecule has 1 aliphatic rings. The fraction of sp³-hybridized carbons (Fsp3) is 0.533. The first kappa shape index (κ1) is 14.0. The highest BCUT2D eigenvalue weighted by Gasteiger charge is 2.13. The lowest BCUT2D eigenvalue weighted by Crippen LogP contribution is -2.20. The van der Waals surface area contributed by atoms with Gasteiger partial charge < -0.3 is 14.7 Å². The third-order valence-electron chi connectivity index (χ3n) is 3.80. The van der Waals surface area contributed by atoms with E-state index in [4.69, 9.17) is 4.52 Å². The van der Waals surface area contributed by atoms with E-state index in [0.29, 0.717) is 5.89 Å². The number of nitrogens with zero attached hydrogens (tertiary/aromatic N) is 4. The highest BCUT2D eigenvalue weighted by Crippen LogP contribution is 2.19. The first-order valence-electron chi connectivity index (χ1n) is 7.54. The Morgan fingerprint density at radius 3 is 3.00 bits per heavy atom. The Hall–Kier alpha value is -1.95. The molecule has 3 rings (SSSR count). The molecule has 2 aromatic heterocycles. The molecule has 3 heterocycles. The van der Waals surface area contributed by atoms with Crippen LogP contribution in [0.15, 0.2) is 22.9 Å². The minimum atomic E-state index is 0.560. The van der Waals surface area contributed by atoms with Gasteiger partial charge in [-0.05, 0) is 51.0 Å². The third-order valence-corrected chi connectivity index (χ3v) is 3.80. The Kier molecular flexibility index (Phi) is 4.45. The van der Waals surface area contributed by atoms with E-state index in [9.17, 15) is 0 Å². The number of nitrogens with one attached hydrogen (secondary N) is 1. The summed E-state index contributed by atoms with van der Waals surface area (Å²) >= 11 is 0. The molecule has 0 bridgehead atoms. The highest BCUT2D eigenvalue weighted by atomic mass is 16.5. The third kappa shape index (κ3) is 3.58. The normalized spacial score (nSPS) is 15.5. The van der Waals surface area contributed by atoms with Crippen LogP contribution in [0.25, 0.3) is 11.5 Å². The van der Waals surface area contributed by atoms with Crippen LogP contribution in [0.5, 0.6) is 0 Å². The number of hydrogen-bond acceptors (Lipinski definition) is 6. The molecule has 6 nitrogen and oxygen atoms in total. The topological polar surface area (TPSA) is 67.1 Å². The van der Waals surface area contributed by atoms with Crippen LogP contribution >= 0.6 is 0 Å². The van der Waals surface area contributed by atoms with E-state index in [0.717, 1.165) is 36.6 Å². The molecule has 0 aromatic carbocycles. The molecule has 0 atom stereocenters. The van der Waals surface area contributed by atoms with Gasteiger partial charge in [0.2, 0.25) is 0 Å². The van der Waals surface area contributed by atoms with E-state index < -0.39 is 0 Å². The fourth-order valence-corrected chi connectivity index (χ4v) is 2.64. The number of anilines is 1. The summed E-state index contributed by atoms with van der Waals surface area (Å²) in [6.45, 7) is 3.60. The lowest BCUT2D eigenvalue weighted by molar-refractivity contribution is 0.331. The predicted octanol–water partition coefficient (Wildman–Crippen LogP) is 2.20. The van der Waals surface area contributed by atoms with Gasteiger partial charge in [0.15, 0.2) is 5.82 Å². The second kappa shape index (κ2) is 6.67. The molecule has 1 aliphatic heterocycles. The number of aromatic nitrogens is 3. The van der Waals surface area contributed by atoms with Crippen molar-refractivity contribution in [2.45, 2.75) is 25.7 Å². The van der Waals surface area contributed by atoms with Crippen LogP contribution in [0, 0.1) is 0 Å². The Morgan fingerprint density at radius 1 is 1.33 bits per heavy atom. The van der Waals surface area contributed by atoms with E-state index in [1.54, 1.807) is 6.20 Å². The second-order valence-electron chi connectivity index (χ2n) is 5.35. The SMILES string of the molecule is CNc1cc(-c2nc(CCCN3CCCC3)no2)ccn1. The summed E-state index contributed by atoms with van der Waals surface area (Å²) in [5, 5.41) is 7.07. The largest absolute Gasteiger partial charge is 0.373 e. The summed E-state index contributed by atoms with van der Waals surface area (Å²) in [7, 11) is 1.84. The Bertz CT molecular complexity index is 577. The van der Waals surface area contributed by atoms with Crippen LogP contribution in [0.4, 0.5) is 5.82 Å². The van der Waals surface area contributed by atoms with Gasteiger partial charge in [0.1, 0.15) is 5.82 Å². The highest BCUT2D eigenvalue weighted by molar-refractivity contribution is 5.57. The maximum atomic E-state index is 5.34. The van der Waals surface area contributed by atoms with Gasteiger partial charge in [0.25, 0.3) is 5.89 Å². The summed E-state index contributed by atoms with van der Waals surface area (Å²) in [6, 6.07) is 3.78. The lowest BCUT2D eigenvalue weighted by Gasteiger charge is -2.12. The van der Waals surface area contributed by atoms with Crippen molar-refractivity contribution in [3.05, 3.63) is 24.2 Å². The van der Waals surface area contributed by atoms with E-state index in [2.05, 4.69) is 25.3 Å². The van der Waals surface area contributed by atoms with E-state index >= 15 is 0 Å². The van der Waals surface area contributed by atoms with E-state index in [-0.39, 0.29) is 0 Å². The molecule has 0 unspecified atom stereocenters. The van der Waals surface area contributed by atoms with Crippen molar-refractivity contribution in [2.75, 3.05) is 32.0 Å². The molecule has 0 amide bonds. The number of rotatable bonds is 6. The summed E-state index contributed by atoms with van der Waals surface area (Å²) in [6.07, 6.45) is 6.35. The lowest BCUT2D eigenvalue weighted by atomic mass is 10.2. The van der Waals surface area contributed by atoms with Gasteiger partial charge in [-0.2, -0.15) is 4.98 Å². The van der Waals surface area contributed by atoms with Crippen LogP contribution in [-0.2, 0) is 6.42 Å². The molecule has 112 valence electrons. The van der Waals surface area contributed by atoms with Crippen molar-refractivity contribution in [2.24, 2.45) is 0 Å². The molecule has 1 N–H and O–H groups in total. The van der Waals surface area contributed by atoms with Gasteiger partial charge in [-0.1, -0.05) is 5.16 Å². The second-order valence-corrected chi connectivity index (χ2v) is 5.35. The number of likely N-dealkylation sites (tertiary alicyclic amines) is 1. The van der Waals surface area contributed by atoms with Crippen molar-refractivity contribution in [1.82, 2.24) is 20.0 Å². The molecular formula is C15H21N5O. The number of pyridine rings is 1. The summed E-state index contributed by atoms with van der Waals surface area (Å²) in [5.41, 5.74) is 0.896. The zero-order chi connectivity index (χ0) is 14.5. The number of hydrogen-bond donors (Lipinski definition) is 1. The van der Waals surface area contributed by atoms with Crippen molar-refractivity contribution in [3.63, 3.8) is 0 Å². The van der Waals surface area contributed by atoms with E-state index in [1.807, 2.05) is 19.2 Å². The van der Waals surface area contributed by atoms with Crippen molar-refractivity contribution in [1.29, 1.82) is 0 Å². The smallest absolute Gasteiger partial charge is 0.258 e. The Balaban J connectivity index is 1.57. The molecule has 0 saturated carbocycles. The molecular weight excluding hydrogens is 266 g/mol. The van der Waals surface area contributed by atoms with Gasteiger partial charge in [-0.3, -0.25) is 0 Å². The van der Waals surface area contributed by atoms with Gasteiger partial charge >= 0.3 is 0 Å². The molecule has 1 saturated heterocycles. The molecule has 1 fully saturated rings. The standard InChI is InChI=1S/C15H21N5O/c1-16-14-11-12(6-7-17-14)15-18-13(19-21-15)5-4-10-20-8-2-3-9-20/h6-7,11H,2-5,8-10H2,1H3,(H,16,17). The predicted molar refractivity (Wildman–Crippen MR) is 81.1 cm³/mol. The Morgan fingerprint density at radius 2 is 2.19 bits per heavy atom. The molecule has 0 radical (unpaired) electrons. The van der Waals surface area contributed by atoms with Gasteiger partial charge in [0, 0.05) is 25.2 Å². The molecule has 0 aliphatic carbocycles. The molecule has 21 heavy (non-hydrogen) atoms. The number of aryl methyl sites for hydroxylation is 1. The van der Waals surface area contributed by atoms with E-state index in [1.165, 1.54) is 25.9 Å². The van der Waals surface area contributed by atoms with Crippen molar-refractivity contribution in [3.8, 4) is 11.5 Å². The molecule has 2 aromatic rings. The van der Waals surface area contributed by atoms with Crippen molar-refractivity contribution < 1.29 is 4.52 Å². The summed E-state index contributed by atoms with van der Waals surface area (Å²) in [4.78, 5) is 11.1. The average molecular weight is 287 g/mol. The fourth-order valence-electron chi connectivity index (χ4n) is 2.64. The van der Waals surface area contributed by atoms with Crippen LogP contribution in [0.3, 0.4) is 0 Å². The summed E-state index contributed by atoms with van der Waals surface area (Å²) < 4.78 is 5.34. The van der Waals surface area contributed by atoms with Crippen molar-refractivity contribution >= 4 is 5.82 Å². The van der Waals surface area contributed by atoms with Crippen LogP contribution in [0.2, 0.25) is 0 Å².